The van der Waals surface area contributed by atoms with Crippen molar-refractivity contribution in [3.05, 3.63) is 58.1 Å². The van der Waals surface area contributed by atoms with E-state index in [2.05, 4.69) is 22.0 Å². The van der Waals surface area contributed by atoms with E-state index in [0.717, 1.165) is 40.9 Å². The summed E-state index contributed by atoms with van der Waals surface area (Å²) < 4.78 is 6.72. The van der Waals surface area contributed by atoms with Crippen molar-refractivity contribution in [1.82, 2.24) is 0 Å². The number of halogens is 1. The van der Waals surface area contributed by atoms with Crippen LogP contribution in [0.4, 0.5) is 5.69 Å². The van der Waals surface area contributed by atoms with E-state index >= 15 is 0 Å². The van der Waals surface area contributed by atoms with Gasteiger partial charge in [-0.05, 0) is 55.2 Å². The van der Waals surface area contributed by atoms with Crippen molar-refractivity contribution in [3.8, 4) is 5.75 Å². The van der Waals surface area contributed by atoms with E-state index in [9.17, 15) is 4.79 Å². The molecule has 1 aliphatic heterocycles. The Balaban J connectivity index is 1.70. The summed E-state index contributed by atoms with van der Waals surface area (Å²) in [4.78, 5) is 14.3. The van der Waals surface area contributed by atoms with E-state index < -0.39 is 0 Å². The van der Waals surface area contributed by atoms with Gasteiger partial charge in [-0.1, -0.05) is 34.1 Å². The molecule has 0 fully saturated rings. The van der Waals surface area contributed by atoms with Gasteiger partial charge in [-0.25, -0.2) is 0 Å². The van der Waals surface area contributed by atoms with Crippen molar-refractivity contribution in [1.29, 1.82) is 0 Å². The van der Waals surface area contributed by atoms with Crippen LogP contribution in [-0.2, 0) is 11.2 Å². The van der Waals surface area contributed by atoms with Crippen LogP contribution in [-0.4, -0.2) is 19.1 Å². The molecular weight excluding hydrogens is 342 g/mol. The SMILES string of the molecule is Cc1cc(Br)ccc1OCC(=O)N1CCCc2ccccc21. The fourth-order valence-corrected chi connectivity index (χ4v) is 3.26. The highest BCUT2D eigenvalue weighted by Crippen LogP contribution is 2.27. The second kappa shape index (κ2) is 6.53. The Morgan fingerprint density at radius 1 is 1.27 bits per heavy atom. The van der Waals surface area contributed by atoms with Crippen LogP contribution in [0.15, 0.2) is 46.9 Å². The molecule has 2 aromatic carbocycles. The van der Waals surface area contributed by atoms with E-state index in [0.29, 0.717) is 0 Å². The van der Waals surface area contributed by atoms with Crippen molar-refractivity contribution in [3.63, 3.8) is 0 Å². The van der Waals surface area contributed by atoms with Gasteiger partial charge in [0.1, 0.15) is 5.75 Å². The van der Waals surface area contributed by atoms with Gasteiger partial charge in [0.2, 0.25) is 0 Å². The van der Waals surface area contributed by atoms with Crippen LogP contribution in [0.3, 0.4) is 0 Å². The lowest BCUT2D eigenvalue weighted by Crippen LogP contribution is -2.38. The van der Waals surface area contributed by atoms with Gasteiger partial charge in [0, 0.05) is 16.7 Å². The summed E-state index contributed by atoms with van der Waals surface area (Å²) in [6.07, 6.45) is 2.03. The number of ether oxygens (including phenoxy) is 1. The first-order valence-electron chi connectivity index (χ1n) is 7.42. The summed E-state index contributed by atoms with van der Waals surface area (Å²) in [5.74, 6) is 0.760. The van der Waals surface area contributed by atoms with Gasteiger partial charge >= 0.3 is 0 Å². The predicted octanol–water partition coefficient (Wildman–Crippen LogP) is 4.12. The molecule has 0 atom stereocenters. The number of aryl methyl sites for hydroxylation is 2. The molecule has 114 valence electrons. The standard InChI is InChI=1S/C18H18BrNO2/c1-13-11-15(19)8-9-17(13)22-12-18(21)20-10-4-6-14-5-2-3-7-16(14)20/h2-3,5,7-9,11H,4,6,10,12H2,1H3. The molecule has 4 heteroatoms. The lowest BCUT2D eigenvalue weighted by atomic mass is 10.0. The quantitative estimate of drug-likeness (QED) is 0.824. The second-order valence-electron chi connectivity index (χ2n) is 5.48. The molecule has 3 nitrogen and oxygen atoms in total. The molecular formula is C18H18BrNO2. The summed E-state index contributed by atoms with van der Waals surface area (Å²) >= 11 is 3.43. The maximum absolute atomic E-state index is 12.5. The lowest BCUT2D eigenvalue weighted by Gasteiger charge is -2.29. The van der Waals surface area contributed by atoms with Gasteiger partial charge in [-0.15, -0.1) is 0 Å². The molecule has 22 heavy (non-hydrogen) atoms. The van der Waals surface area contributed by atoms with Crippen molar-refractivity contribution in [2.45, 2.75) is 19.8 Å². The summed E-state index contributed by atoms with van der Waals surface area (Å²) in [7, 11) is 0. The number of nitrogens with zero attached hydrogens (tertiary/aromatic N) is 1. The Kier molecular flexibility index (Phi) is 4.48. The Labute approximate surface area is 139 Å². The van der Waals surface area contributed by atoms with Crippen LogP contribution < -0.4 is 9.64 Å². The number of carbonyl (C=O) groups is 1. The number of hydrogen-bond donors (Lipinski definition) is 0. The van der Waals surface area contributed by atoms with Crippen molar-refractivity contribution >= 4 is 27.5 Å². The second-order valence-corrected chi connectivity index (χ2v) is 6.39. The minimum absolute atomic E-state index is 0.00877. The van der Waals surface area contributed by atoms with E-state index in [4.69, 9.17) is 4.74 Å². The maximum atomic E-state index is 12.5. The molecule has 1 amide bonds. The normalized spacial score (nSPS) is 13.6. The number of rotatable bonds is 3. The lowest BCUT2D eigenvalue weighted by molar-refractivity contribution is -0.120. The molecule has 1 aliphatic rings. The highest BCUT2D eigenvalue weighted by molar-refractivity contribution is 9.10. The number of benzene rings is 2. The zero-order chi connectivity index (χ0) is 15.5. The third kappa shape index (κ3) is 3.17. The van der Waals surface area contributed by atoms with Gasteiger partial charge in [0.05, 0.1) is 0 Å². The molecule has 0 saturated carbocycles. The third-order valence-electron chi connectivity index (χ3n) is 3.90. The summed E-state index contributed by atoms with van der Waals surface area (Å²) in [6.45, 7) is 2.80. The fraction of sp³-hybridized carbons (Fsp3) is 0.278. The molecule has 3 rings (SSSR count). The molecule has 0 aliphatic carbocycles. The maximum Gasteiger partial charge on any atom is 0.264 e. The van der Waals surface area contributed by atoms with Gasteiger partial charge in [-0.3, -0.25) is 4.79 Å². The van der Waals surface area contributed by atoms with Gasteiger partial charge < -0.3 is 9.64 Å². The zero-order valence-corrected chi connectivity index (χ0v) is 14.1. The summed E-state index contributed by atoms with van der Waals surface area (Å²) in [5, 5.41) is 0. The zero-order valence-electron chi connectivity index (χ0n) is 12.5. The van der Waals surface area contributed by atoms with E-state index in [1.165, 1.54) is 5.56 Å². The number of amides is 1. The van der Waals surface area contributed by atoms with Crippen LogP contribution in [0.2, 0.25) is 0 Å². The topological polar surface area (TPSA) is 29.5 Å². The minimum atomic E-state index is 0.00877. The predicted molar refractivity (Wildman–Crippen MR) is 91.5 cm³/mol. The molecule has 0 unspecified atom stereocenters. The first kappa shape index (κ1) is 15.1. The number of carbonyl (C=O) groups excluding carboxylic acids is 1. The Bertz CT molecular complexity index is 699. The monoisotopic (exact) mass is 359 g/mol. The summed E-state index contributed by atoms with van der Waals surface area (Å²) in [6, 6.07) is 13.9. The molecule has 0 aromatic heterocycles. The molecule has 0 bridgehead atoms. The number of hydrogen-bond acceptors (Lipinski definition) is 2. The molecule has 0 radical (unpaired) electrons. The molecule has 0 saturated heterocycles. The van der Waals surface area contributed by atoms with E-state index in [1.807, 2.05) is 48.2 Å². The summed E-state index contributed by atoms with van der Waals surface area (Å²) in [5.41, 5.74) is 3.28. The minimum Gasteiger partial charge on any atom is -0.483 e. The van der Waals surface area contributed by atoms with E-state index in [-0.39, 0.29) is 12.5 Å². The van der Waals surface area contributed by atoms with Crippen molar-refractivity contribution in [2.24, 2.45) is 0 Å². The highest BCUT2D eigenvalue weighted by Gasteiger charge is 2.22. The van der Waals surface area contributed by atoms with Crippen LogP contribution in [0.1, 0.15) is 17.5 Å². The molecule has 0 spiro atoms. The molecule has 1 heterocycles. The number of para-hydroxylation sites is 1. The van der Waals surface area contributed by atoms with Gasteiger partial charge in [0.25, 0.3) is 5.91 Å². The largest absolute Gasteiger partial charge is 0.483 e. The van der Waals surface area contributed by atoms with Crippen molar-refractivity contribution < 1.29 is 9.53 Å². The third-order valence-corrected chi connectivity index (χ3v) is 4.39. The van der Waals surface area contributed by atoms with Crippen LogP contribution in [0.5, 0.6) is 5.75 Å². The first-order valence-corrected chi connectivity index (χ1v) is 8.21. The average molecular weight is 360 g/mol. The first-order chi connectivity index (χ1) is 10.6. The van der Waals surface area contributed by atoms with E-state index in [1.54, 1.807) is 0 Å². The molecule has 2 aromatic rings. The number of anilines is 1. The molecule has 0 N–H and O–H groups in total. The highest BCUT2D eigenvalue weighted by atomic mass is 79.9. The Morgan fingerprint density at radius 3 is 2.91 bits per heavy atom. The number of fused-ring (bicyclic) bond motifs is 1. The van der Waals surface area contributed by atoms with Crippen LogP contribution >= 0.6 is 15.9 Å². The van der Waals surface area contributed by atoms with Crippen molar-refractivity contribution in [2.75, 3.05) is 18.1 Å². The van der Waals surface area contributed by atoms with Gasteiger partial charge in [-0.2, -0.15) is 0 Å². The van der Waals surface area contributed by atoms with Crippen LogP contribution in [0.25, 0.3) is 0 Å². The van der Waals surface area contributed by atoms with Crippen LogP contribution in [0, 0.1) is 6.92 Å². The Hall–Kier alpha value is -1.81. The fourth-order valence-electron chi connectivity index (χ4n) is 2.78. The smallest absolute Gasteiger partial charge is 0.264 e. The Morgan fingerprint density at radius 2 is 2.09 bits per heavy atom. The van der Waals surface area contributed by atoms with Gasteiger partial charge in [0.15, 0.2) is 6.61 Å². The average Bonchev–Trinajstić information content (AvgIpc) is 2.53.